The molecule has 0 unspecified atom stereocenters. The van der Waals surface area contributed by atoms with Gasteiger partial charge in [-0.15, -0.1) is 19.0 Å². The van der Waals surface area contributed by atoms with Crippen LogP contribution in [-0.4, -0.2) is 32.7 Å². The molecule has 0 aliphatic carbocycles. The van der Waals surface area contributed by atoms with E-state index in [4.69, 9.17) is 0 Å². The fourth-order valence-corrected chi connectivity index (χ4v) is 3.64. The Morgan fingerprint density at radius 1 is 1.17 bits per heavy atom. The number of thioether (sulfide) groups is 1. The summed E-state index contributed by atoms with van der Waals surface area (Å²) in [5, 5.41) is 11.2. The van der Waals surface area contributed by atoms with E-state index < -0.39 is 6.29 Å². The minimum Gasteiger partial charge on any atom is -0.395 e. The number of carbonyl (C=O) groups excluding carboxylic acids is 1. The van der Waals surface area contributed by atoms with Crippen LogP contribution < -0.4 is 14.8 Å². The maximum Gasteiger partial charge on any atom is 0.586 e. The summed E-state index contributed by atoms with van der Waals surface area (Å²) in [5.41, 5.74) is 3.47. The van der Waals surface area contributed by atoms with Gasteiger partial charge in [0.15, 0.2) is 16.7 Å². The number of ether oxygens (including phenoxy) is 2. The summed E-state index contributed by atoms with van der Waals surface area (Å²) >= 11 is 1.22. The van der Waals surface area contributed by atoms with Crippen molar-refractivity contribution in [3.05, 3.63) is 53.9 Å². The molecule has 4 rings (SSSR count). The van der Waals surface area contributed by atoms with Crippen LogP contribution in [0.2, 0.25) is 0 Å². The number of aromatic nitrogens is 3. The van der Waals surface area contributed by atoms with E-state index in [0.717, 1.165) is 16.8 Å². The van der Waals surface area contributed by atoms with Crippen molar-refractivity contribution in [3.8, 4) is 17.2 Å². The number of halogens is 2. The largest absolute Gasteiger partial charge is 0.586 e. The zero-order valence-electron chi connectivity index (χ0n) is 15.5. The number of aryl methyl sites for hydroxylation is 2. The van der Waals surface area contributed by atoms with Gasteiger partial charge < -0.3 is 14.8 Å². The lowest BCUT2D eigenvalue weighted by atomic mass is 10.1. The Kier molecular flexibility index (Phi) is 4.87. The third-order valence-corrected chi connectivity index (χ3v) is 5.09. The van der Waals surface area contributed by atoms with E-state index in [0.29, 0.717) is 10.8 Å². The Labute approximate surface area is 169 Å². The van der Waals surface area contributed by atoms with E-state index >= 15 is 0 Å². The van der Waals surface area contributed by atoms with Crippen molar-refractivity contribution >= 4 is 23.4 Å². The van der Waals surface area contributed by atoms with Crippen LogP contribution in [0.5, 0.6) is 11.5 Å². The molecule has 2 aromatic carbocycles. The molecule has 2 heterocycles. The third kappa shape index (κ3) is 4.16. The molecule has 0 bridgehead atoms. The second-order valence-corrected chi connectivity index (χ2v) is 7.38. The summed E-state index contributed by atoms with van der Waals surface area (Å²) in [6.07, 6.45) is -2.10. The summed E-state index contributed by atoms with van der Waals surface area (Å²) < 4.78 is 36.7. The number of anilines is 1. The highest BCUT2D eigenvalue weighted by Gasteiger charge is 2.43. The van der Waals surface area contributed by atoms with Gasteiger partial charge in [0.2, 0.25) is 5.91 Å². The number of alkyl halides is 2. The van der Waals surface area contributed by atoms with Gasteiger partial charge in [0.1, 0.15) is 6.33 Å². The SMILES string of the molecule is Cc1ccc(-n2cnnc2SCC(=O)Nc2ccc3c(c2)OC(F)(F)O3)c(C)c1. The molecule has 0 radical (unpaired) electrons. The zero-order valence-corrected chi connectivity index (χ0v) is 16.3. The molecule has 1 amide bonds. The van der Waals surface area contributed by atoms with Crippen molar-refractivity contribution in [3.63, 3.8) is 0 Å². The number of benzene rings is 2. The highest BCUT2D eigenvalue weighted by Crippen LogP contribution is 2.42. The summed E-state index contributed by atoms with van der Waals surface area (Å²) in [5.74, 6) is -0.469. The standard InChI is InChI=1S/C19H16F2N4O3S/c1-11-3-5-14(12(2)7-11)25-10-22-24-18(25)29-9-17(26)23-13-4-6-15-16(8-13)28-19(20,21)27-15/h3-8,10H,9H2,1-2H3,(H,23,26). The Hall–Kier alpha value is -3.14. The second-order valence-electron chi connectivity index (χ2n) is 6.44. The molecular formula is C19H16F2N4O3S. The van der Waals surface area contributed by atoms with Crippen molar-refractivity contribution in [1.82, 2.24) is 14.8 Å². The molecule has 150 valence electrons. The molecule has 0 saturated carbocycles. The van der Waals surface area contributed by atoms with Gasteiger partial charge in [-0.25, -0.2) is 0 Å². The van der Waals surface area contributed by atoms with Crippen molar-refractivity contribution in [1.29, 1.82) is 0 Å². The first kappa shape index (κ1) is 19.2. The van der Waals surface area contributed by atoms with Crippen LogP contribution in [0.15, 0.2) is 47.9 Å². The van der Waals surface area contributed by atoms with Crippen LogP contribution in [0.4, 0.5) is 14.5 Å². The first-order chi connectivity index (χ1) is 13.8. The smallest absolute Gasteiger partial charge is 0.395 e. The average Bonchev–Trinajstić information content (AvgIpc) is 3.22. The maximum absolute atomic E-state index is 13.1. The lowest BCUT2D eigenvalue weighted by Gasteiger charge is -2.10. The Morgan fingerprint density at radius 3 is 2.76 bits per heavy atom. The molecule has 0 fully saturated rings. The predicted octanol–water partition coefficient (Wildman–Crippen LogP) is 3.94. The van der Waals surface area contributed by atoms with Crippen molar-refractivity contribution < 1.29 is 23.0 Å². The first-order valence-electron chi connectivity index (χ1n) is 8.61. The summed E-state index contributed by atoms with van der Waals surface area (Å²) in [6.45, 7) is 4.01. The molecule has 3 aromatic rings. The number of hydrogen-bond donors (Lipinski definition) is 1. The van der Waals surface area contributed by atoms with Gasteiger partial charge in [0, 0.05) is 11.8 Å². The minimum absolute atomic E-state index is 0.0637. The summed E-state index contributed by atoms with van der Waals surface area (Å²) in [6, 6.07) is 10.1. The number of carbonyl (C=O) groups is 1. The highest BCUT2D eigenvalue weighted by atomic mass is 32.2. The van der Waals surface area contributed by atoms with Crippen LogP contribution in [0.25, 0.3) is 5.69 Å². The maximum atomic E-state index is 13.1. The quantitative estimate of drug-likeness (QED) is 0.633. The molecule has 29 heavy (non-hydrogen) atoms. The van der Waals surface area contributed by atoms with E-state index in [9.17, 15) is 13.6 Å². The van der Waals surface area contributed by atoms with Crippen molar-refractivity contribution in [2.45, 2.75) is 25.3 Å². The van der Waals surface area contributed by atoms with Crippen LogP contribution in [0, 0.1) is 13.8 Å². The Balaban J connectivity index is 1.41. The number of nitrogens with zero attached hydrogens (tertiary/aromatic N) is 3. The van der Waals surface area contributed by atoms with Gasteiger partial charge in [-0.2, -0.15) is 0 Å². The summed E-state index contributed by atoms with van der Waals surface area (Å²) in [4.78, 5) is 12.3. The molecule has 0 spiro atoms. The number of hydrogen-bond acceptors (Lipinski definition) is 6. The Morgan fingerprint density at radius 2 is 1.97 bits per heavy atom. The monoisotopic (exact) mass is 418 g/mol. The lowest BCUT2D eigenvalue weighted by molar-refractivity contribution is -0.286. The van der Waals surface area contributed by atoms with Crippen LogP contribution in [-0.2, 0) is 4.79 Å². The van der Waals surface area contributed by atoms with Gasteiger partial charge in [-0.3, -0.25) is 9.36 Å². The van der Waals surface area contributed by atoms with Gasteiger partial charge in [0.05, 0.1) is 11.4 Å². The van der Waals surface area contributed by atoms with Crippen molar-refractivity contribution in [2.24, 2.45) is 0 Å². The first-order valence-corrected chi connectivity index (χ1v) is 9.59. The number of nitrogens with one attached hydrogen (secondary N) is 1. The lowest BCUT2D eigenvalue weighted by Crippen LogP contribution is -2.25. The Bertz CT molecular complexity index is 1090. The fraction of sp³-hybridized carbons (Fsp3) is 0.211. The number of fused-ring (bicyclic) bond motifs is 1. The second kappa shape index (κ2) is 7.36. The van der Waals surface area contributed by atoms with E-state index in [1.54, 1.807) is 6.33 Å². The normalized spacial score (nSPS) is 14.1. The van der Waals surface area contributed by atoms with Crippen molar-refractivity contribution in [2.75, 3.05) is 11.1 Å². The number of amides is 1. The van der Waals surface area contributed by atoms with Gasteiger partial charge in [-0.1, -0.05) is 29.5 Å². The van der Waals surface area contributed by atoms with E-state index in [-0.39, 0.29) is 23.2 Å². The van der Waals surface area contributed by atoms with E-state index in [2.05, 4.69) is 31.1 Å². The molecular weight excluding hydrogens is 402 g/mol. The van der Waals surface area contributed by atoms with Gasteiger partial charge in [0.25, 0.3) is 0 Å². The van der Waals surface area contributed by atoms with Crippen LogP contribution in [0.3, 0.4) is 0 Å². The minimum atomic E-state index is -3.70. The van der Waals surface area contributed by atoms with E-state index in [1.807, 2.05) is 30.5 Å². The molecule has 10 heteroatoms. The average molecular weight is 418 g/mol. The molecule has 7 nitrogen and oxygen atoms in total. The van der Waals surface area contributed by atoms with Crippen LogP contribution in [0.1, 0.15) is 11.1 Å². The molecule has 0 atom stereocenters. The molecule has 1 aliphatic rings. The number of rotatable bonds is 5. The molecule has 1 N–H and O–H groups in total. The third-order valence-electron chi connectivity index (χ3n) is 4.15. The van der Waals surface area contributed by atoms with E-state index in [1.165, 1.54) is 30.0 Å². The fourth-order valence-electron chi connectivity index (χ4n) is 2.92. The van der Waals surface area contributed by atoms with Gasteiger partial charge in [-0.05, 0) is 37.6 Å². The predicted molar refractivity (Wildman–Crippen MR) is 103 cm³/mol. The van der Waals surface area contributed by atoms with Crippen LogP contribution >= 0.6 is 11.8 Å². The molecule has 1 aromatic heterocycles. The summed E-state index contributed by atoms with van der Waals surface area (Å²) in [7, 11) is 0. The molecule has 0 saturated heterocycles. The highest BCUT2D eigenvalue weighted by molar-refractivity contribution is 7.99. The molecule has 1 aliphatic heterocycles. The van der Waals surface area contributed by atoms with Gasteiger partial charge >= 0.3 is 6.29 Å². The topological polar surface area (TPSA) is 78.3 Å². The zero-order chi connectivity index (χ0) is 20.6.